The lowest BCUT2D eigenvalue weighted by molar-refractivity contribution is 0.0695. The molecule has 27 heavy (non-hydrogen) atoms. The molecule has 0 bridgehead atoms. The number of rotatable bonds is 7. The van der Waals surface area contributed by atoms with Crippen molar-refractivity contribution in [3.05, 3.63) is 74.5 Å². The van der Waals surface area contributed by atoms with Crippen molar-refractivity contribution in [2.24, 2.45) is 0 Å². The molecule has 0 saturated carbocycles. The summed E-state index contributed by atoms with van der Waals surface area (Å²) in [5, 5.41) is 13.4. The highest BCUT2D eigenvalue weighted by Gasteiger charge is 2.17. The van der Waals surface area contributed by atoms with E-state index in [0.29, 0.717) is 34.6 Å². The van der Waals surface area contributed by atoms with E-state index in [1.165, 1.54) is 11.8 Å². The molecule has 0 saturated heterocycles. The first kappa shape index (κ1) is 19.0. The standard InChI is InChI=1S/C21H21ClN2O3/c1-2-14-18(22)17(23-10-6-9-13-7-4-3-5-8-13)11-15-19(14)24-12-16(20(15)25)21(26)27/h3-5,7-8,11-12,23H,2,6,9-10H2,1H3,(H,24,25)(H,26,27). The number of aryl methyl sites for hydroxylation is 2. The molecule has 0 fully saturated rings. The average molecular weight is 385 g/mol. The molecule has 0 radical (unpaired) electrons. The molecule has 1 aromatic heterocycles. The van der Waals surface area contributed by atoms with Gasteiger partial charge >= 0.3 is 5.97 Å². The van der Waals surface area contributed by atoms with Crippen LogP contribution in [0.15, 0.2) is 47.4 Å². The normalized spacial score (nSPS) is 10.9. The maximum atomic E-state index is 12.5. The minimum absolute atomic E-state index is 0.276. The molecule has 6 heteroatoms. The zero-order valence-corrected chi connectivity index (χ0v) is 15.8. The van der Waals surface area contributed by atoms with E-state index in [9.17, 15) is 14.7 Å². The Kier molecular flexibility index (Phi) is 5.81. The molecule has 5 nitrogen and oxygen atoms in total. The fraction of sp³-hybridized carbons (Fsp3) is 0.238. The van der Waals surface area contributed by atoms with Crippen LogP contribution in [0.25, 0.3) is 10.9 Å². The van der Waals surface area contributed by atoms with Gasteiger partial charge in [0.05, 0.1) is 16.2 Å². The van der Waals surface area contributed by atoms with Crippen molar-refractivity contribution in [3.63, 3.8) is 0 Å². The van der Waals surface area contributed by atoms with E-state index in [2.05, 4.69) is 22.4 Å². The number of anilines is 1. The molecular formula is C21H21ClN2O3. The number of aromatic nitrogens is 1. The smallest absolute Gasteiger partial charge is 0.341 e. The number of carboxylic acid groups (broad SMARTS) is 1. The summed E-state index contributed by atoms with van der Waals surface area (Å²) in [6.45, 7) is 2.64. The van der Waals surface area contributed by atoms with Crippen LogP contribution in [0, 0.1) is 0 Å². The van der Waals surface area contributed by atoms with Gasteiger partial charge in [0.15, 0.2) is 0 Å². The molecule has 3 rings (SSSR count). The van der Waals surface area contributed by atoms with E-state index in [-0.39, 0.29) is 5.56 Å². The maximum Gasteiger partial charge on any atom is 0.341 e. The number of aromatic amines is 1. The summed E-state index contributed by atoms with van der Waals surface area (Å²) in [6, 6.07) is 11.8. The van der Waals surface area contributed by atoms with Crippen molar-refractivity contribution in [1.29, 1.82) is 0 Å². The Morgan fingerprint density at radius 1 is 1.26 bits per heavy atom. The quantitative estimate of drug-likeness (QED) is 0.524. The summed E-state index contributed by atoms with van der Waals surface area (Å²) in [4.78, 5) is 26.7. The number of nitrogens with one attached hydrogen (secondary N) is 2. The minimum Gasteiger partial charge on any atom is -0.477 e. The molecule has 3 N–H and O–H groups in total. The van der Waals surface area contributed by atoms with Crippen molar-refractivity contribution in [2.45, 2.75) is 26.2 Å². The molecule has 0 aliphatic rings. The Labute approximate surface area is 162 Å². The number of hydrogen-bond donors (Lipinski definition) is 3. The largest absolute Gasteiger partial charge is 0.477 e. The SMILES string of the molecule is CCc1c(Cl)c(NCCCc2ccccc2)cc2c(=O)c(C(=O)O)c[nH]c12. The van der Waals surface area contributed by atoms with E-state index in [0.717, 1.165) is 18.4 Å². The number of halogens is 1. The first-order valence-electron chi connectivity index (χ1n) is 8.90. The fourth-order valence-electron chi connectivity index (χ4n) is 3.19. The van der Waals surface area contributed by atoms with E-state index < -0.39 is 11.4 Å². The summed E-state index contributed by atoms with van der Waals surface area (Å²) in [6.07, 6.45) is 3.70. The van der Waals surface area contributed by atoms with Gasteiger partial charge in [-0.05, 0) is 36.5 Å². The van der Waals surface area contributed by atoms with E-state index in [1.807, 2.05) is 25.1 Å². The highest BCUT2D eigenvalue weighted by atomic mass is 35.5. The summed E-state index contributed by atoms with van der Waals surface area (Å²) < 4.78 is 0. The lowest BCUT2D eigenvalue weighted by Gasteiger charge is -2.14. The number of aromatic carboxylic acids is 1. The van der Waals surface area contributed by atoms with Gasteiger partial charge in [-0.15, -0.1) is 0 Å². The van der Waals surface area contributed by atoms with Gasteiger partial charge in [0.1, 0.15) is 5.56 Å². The second-order valence-electron chi connectivity index (χ2n) is 6.35. The number of H-pyrrole nitrogens is 1. The lowest BCUT2D eigenvalue weighted by Crippen LogP contribution is -2.16. The molecule has 1 heterocycles. The van der Waals surface area contributed by atoms with Crippen molar-refractivity contribution >= 4 is 34.2 Å². The van der Waals surface area contributed by atoms with E-state index >= 15 is 0 Å². The van der Waals surface area contributed by atoms with Gasteiger partial charge < -0.3 is 15.4 Å². The summed E-state index contributed by atoms with van der Waals surface area (Å²) in [5.74, 6) is -1.25. The first-order valence-corrected chi connectivity index (χ1v) is 9.28. The minimum atomic E-state index is -1.25. The van der Waals surface area contributed by atoms with E-state index in [4.69, 9.17) is 11.6 Å². The zero-order chi connectivity index (χ0) is 19.4. The van der Waals surface area contributed by atoms with Crippen LogP contribution in [0.5, 0.6) is 0 Å². The van der Waals surface area contributed by atoms with Gasteiger partial charge in [0, 0.05) is 18.1 Å². The van der Waals surface area contributed by atoms with Crippen LogP contribution in [0.3, 0.4) is 0 Å². The van der Waals surface area contributed by atoms with Crippen molar-refractivity contribution in [2.75, 3.05) is 11.9 Å². The number of pyridine rings is 1. The number of fused-ring (bicyclic) bond motifs is 1. The summed E-state index contributed by atoms with van der Waals surface area (Å²) in [7, 11) is 0. The van der Waals surface area contributed by atoms with E-state index in [1.54, 1.807) is 6.07 Å². The van der Waals surface area contributed by atoms with Crippen LogP contribution in [-0.4, -0.2) is 22.6 Å². The third-order valence-electron chi connectivity index (χ3n) is 4.60. The maximum absolute atomic E-state index is 12.5. The van der Waals surface area contributed by atoms with Crippen LogP contribution >= 0.6 is 11.6 Å². The average Bonchev–Trinajstić information content (AvgIpc) is 2.66. The molecule has 0 atom stereocenters. The van der Waals surface area contributed by atoms with Crippen molar-refractivity contribution < 1.29 is 9.90 Å². The van der Waals surface area contributed by atoms with Gasteiger partial charge in [-0.3, -0.25) is 4.79 Å². The van der Waals surface area contributed by atoms with Gasteiger partial charge in [0.25, 0.3) is 0 Å². The molecule has 0 aliphatic carbocycles. The number of hydrogen-bond acceptors (Lipinski definition) is 3. The Morgan fingerprint density at radius 3 is 2.67 bits per heavy atom. The molecule has 0 spiro atoms. The highest BCUT2D eigenvalue weighted by Crippen LogP contribution is 2.32. The van der Waals surface area contributed by atoms with Crippen LogP contribution in [-0.2, 0) is 12.8 Å². The second-order valence-corrected chi connectivity index (χ2v) is 6.72. The first-order chi connectivity index (χ1) is 13.0. The van der Waals surface area contributed by atoms with Gasteiger partial charge in [-0.1, -0.05) is 48.9 Å². The summed E-state index contributed by atoms with van der Waals surface area (Å²) in [5.41, 5.74) is 2.53. The molecule has 0 amide bonds. The predicted octanol–water partition coefficient (Wildman–Crippen LogP) is 4.49. The monoisotopic (exact) mass is 384 g/mol. The second kappa shape index (κ2) is 8.27. The predicted molar refractivity (Wildman–Crippen MR) is 109 cm³/mol. The Hall–Kier alpha value is -2.79. The molecule has 3 aromatic rings. The third kappa shape index (κ3) is 3.98. The Bertz CT molecular complexity index is 1030. The lowest BCUT2D eigenvalue weighted by atomic mass is 10.0. The number of carbonyl (C=O) groups is 1. The topological polar surface area (TPSA) is 82.2 Å². The third-order valence-corrected chi connectivity index (χ3v) is 5.03. The summed E-state index contributed by atoms with van der Waals surface area (Å²) >= 11 is 6.54. The molecule has 140 valence electrons. The van der Waals surface area contributed by atoms with Crippen LogP contribution in [0.2, 0.25) is 5.02 Å². The van der Waals surface area contributed by atoms with Crippen LogP contribution in [0.1, 0.15) is 34.8 Å². The van der Waals surface area contributed by atoms with Crippen molar-refractivity contribution in [3.8, 4) is 0 Å². The fourth-order valence-corrected chi connectivity index (χ4v) is 3.54. The number of carboxylic acids is 1. The van der Waals surface area contributed by atoms with Gasteiger partial charge in [-0.2, -0.15) is 0 Å². The van der Waals surface area contributed by atoms with Crippen LogP contribution in [0.4, 0.5) is 5.69 Å². The molecule has 0 unspecified atom stereocenters. The van der Waals surface area contributed by atoms with Gasteiger partial charge in [-0.25, -0.2) is 4.79 Å². The molecular weight excluding hydrogens is 364 g/mol. The Morgan fingerprint density at radius 2 is 2.00 bits per heavy atom. The molecule has 0 aliphatic heterocycles. The zero-order valence-electron chi connectivity index (χ0n) is 15.0. The number of benzene rings is 2. The van der Waals surface area contributed by atoms with Crippen molar-refractivity contribution in [1.82, 2.24) is 4.98 Å². The van der Waals surface area contributed by atoms with Gasteiger partial charge in [0.2, 0.25) is 5.43 Å². The molecule has 2 aromatic carbocycles. The van der Waals surface area contributed by atoms with Crippen LogP contribution < -0.4 is 10.7 Å². The Balaban J connectivity index is 1.88. The highest BCUT2D eigenvalue weighted by molar-refractivity contribution is 6.35.